The van der Waals surface area contributed by atoms with Crippen LogP contribution in [0.3, 0.4) is 0 Å². The van der Waals surface area contributed by atoms with Gasteiger partial charge in [0.15, 0.2) is 0 Å². The van der Waals surface area contributed by atoms with E-state index >= 15 is 0 Å². The summed E-state index contributed by atoms with van der Waals surface area (Å²) in [5, 5.41) is 0. The first-order valence-corrected chi connectivity index (χ1v) is 7.80. The number of esters is 2. The van der Waals surface area contributed by atoms with Gasteiger partial charge in [-0.1, -0.05) is 36.4 Å². The second-order valence-corrected chi connectivity index (χ2v) is 5.36. The summed E-state index contributed by atoms with van der Waals surface area (Å²) in [5.41, 5.74) is 0.616. The molecule has 0 aliphatic rings. The van der Waals surface area contributed by atoms with E-state index in [0.717, 1.165) is 0 Å². The van der Waals surface area contributed by atoms with Crippen molar-refractivity contribution >= 4 is 11.9 Å². The number of benzene rings is 2. The number of alkyl halides is 2. The molecule has 0 fully saturated rings. The Labute approximate surface area is 144 Å². The van der Waals surface area contributed by atoms with E-state index in [0.29, 0.717) is 11.1 Å². The lowest BCUT2D eigenvalue weighted by Crippen LogP contribution is -2.23. The van der Waals surface area contributed by atoms with Crippen molar-refractivity contribution in [3.63, 3.8) is 0 Å². The highest BCUT2D eigenvalue weighted by molar-refractivity contribution is 5.89. The SMILES string of the molecule is O=C(OCCC(F)(F)CCOC(=O)c1ccccc1)c1ccccc1. The molecule has 0 aliphatic heterocycles. The number of rotatable bonds is 8. The fourth-order valence-corrected chi connectivity index (χ4v) is 2.03. The van der Waals surface area contributed by atoms with E-state index in [1.807, 2.05) is 0 Å². The van der Waals surface area contributed by atoms with Crippen molar-refractivity contribution in [3.05, 3.63) is 71.8 Å². The van der Waals surface area contributed by atoms with Gasteiger partial charge in [0.1, 0.15) is 0 Å². The molecule has 4 nitrogen and oxygen atoms in total. The molecule has 0 radical (unpaired) electrons. The maximum Gasteiger partial charge on any atom is 0.338 e. The zero-order chi connectivity index (χ0) is 18.1. The molecule has 0 saturated heterocycles. The highest BCUT2D eigenvalue weighted by atomic mass is 19.3. The molecule has 6 heteroatoms. The lowest BCUT2D eigenvalue weighted by atomic mass is 10.2. The van der Waals surface area contributed by atoms with Gasteiger partial charge in [-0.2, -0.15) is 0 Å². The molecule has 2 aromatic carbocycles. The van der Waals surface area contributed by atoms with Crippen LogP contribution in [-0.2, 0) is 9.47 Å². The quantitative estimate of drug-likeness (QED) is 0.674. The Hall–Kier alpha value is -2.76. The molecule has 25 heavy (non-hydrogen) atoms. The van der Waals surface area contributed by atoms with Gasteiger partial charge in [0, 0.05) is 12.8 Å². The van der Waals surface area contributed by atoms with Crippen LogP contribution in [0.25, 0.3) is 0 Å². The van der Waals surface area contributed by atoms with Crippen LogP contribution in [0.4, 0.5) is 8.78 Å². The maximum atomic E-state index is 13.7. The standard InChI is InChI=1S/C19H18F2O4/c20-19(21,11-13-24-17(22)15-7-3-1-4-8-15)12-14-25-18(23)16-9-5-2-6-10-16/h1-10H,11-14H2. The van der Waals surface area contributed by atoms with Crippen molar-refractivity contribution in [3.8, 4) is 0 Å². The average Bonchev–Trinajstić information content (AvgIpc) is 2.62. The fraction of sp³-hybridized carbons (Fsp3) is 0.263. The number of carbonyl (C=O) groups is 2. The molecule has 0 saturated carbocycles. The predicted octanol–water partition coefficient (Wildman–Crippen LogP) is 4.12. The lowest BCUT2D eigenvalue weighted by molar-refractivity contribution is -0.0470. The van der Waals surface area contributed by atoms with Crippen molar-refractivity contribution in [1.29, 1.82) is 0 Å². The maximum absolute atomic E-state index is 13.7. The smallest absolute Gasteiger partial charge is 0.338 e. The summed E-state index contributed by atoms with van der Waals surface area (Å²) in [6.45, 7) is -0.819. The summed E-state index contributed by atoms with van der Waals surface area (Å²) in [4.78, 5) is 23.3. The first-order valence-electron chi connectivity index (χ1n) is 7.80. The third-order valence-electron chi connectivity index (χ3n) is 3.42. The van der Waals surface area contributed by atoms with Gasteiger partial charge >= 0.3 is 11.9 Å². The molecule has 0 aliphatic carbocycles. The Bertz CT molecular complexity index is 628. The summed E-state index contributed by atoms with van der Waals surface area (Å²) < 4.78 is 37.2. The normalized spacial score (nSPS) is 11.0. The van der Waals surface area contributed by atoms with Gasteiger partial charge < -0.3 is 9.47 Å². The Balaban J connectivity index is 1.69. The summed E-state index contributed by atoms with van der Waals surface area (Å²) >= 11 is 0. The van der Waals surface area contributed by atoms with E-state index in [9.17, 15) is 18.4 Å². The first-order chi connectivity index (χ1) is 12.0. The zero-order valence-electron chi connectivity index (χ0n) is 13.5. The van der Waals surface area contributed by atoms with Gasteiger partial charge in [-0.15, -0.1) is 0 Å². The molecule has 0 heterocycles. The van der Waals surface area contributed by atoms with Gasteiger partial charge in [0.25, 0.3) is 5.92 Å². The predicted molar refractivity (Wildman–Crippen MR) is 87.6 cm³/mol. The first kappa shape index (κ1) is 18.6. The minimum atomic E-state index is -3.09. The second kappa shape index (κ2) is 8.92. The lowest BCUT2D eigenvalue weighted by Gasteiger charge is -2.16. The van der Waals surface area contributed by atoms with Crippen molar-refractivity contribution in [2.24, 2.45) is 0 Å². The third kappa shape index (κ3) is 6.33. The van der Waals surface area contributed by atoms with Crippen molar-refractivity contribution in [2.45, 2.75) is 18.8 Å². The van der Waals surface area contributed by atoms with Crippen LogP contribution in [0.5, 0.6) is 0 Å². The van der Waals surface area contributed by atoms with Crippen molar-refractivity contribution < 1.29 is 27.8 Å². The van der Waals surface area contributed by atoms with Gasteiger partial charge in [0.05, 0.1) is 24.3 Å². The number of ether oxygens (including phenoxy) is 2. The minimum absolute atomic E-state index is 0.308. The van der Waals surface area contributed by atoms with Crippen LogP contribution in [0.1, 0.15) is 33.6 Å². The number of hydrogen-bond acceptors (Lipinski definition) is 4. The number of carbonyl (C=O) groups excluding carboxylic acids is 2. The second-order valence-electron chi connectivity index (χ2n) is 5.36. The number of hydrogen-bond donors (Lipinski definition) is 0. The molecule has 0 spiro atoms. The average molecular weight is 348 g/mol. The molecular weight excluding hydrogens is 330 g/mol. The molecule has 0 unspecified atom stereocenters. The number of halogens is 2. The molecule has 0 amide bonds. The van der Waals surface area contributed by atoms with Crippen LogP contribution >= 0.6 is 0 Å². The zero-order valence-corrected chi connectivity index (χ0v) is 13.5. The van der Waals surface area contributed by atoms with E-state index in [2.05, 4.69) is 0 Å². The monoisotopic (exact) mass is 348 g/mol. The summed E-state index contributed by atoms with van der Waals surface area (Å²) in [6, 6.07) is 16.3. The summed E-state index contributed by atoms with van der Waals surface area (Å²) in [7, 11) is 0. The highest BCUT2D eigenvalue weighted by Gasteiger charge is 2.29. The largest absolute Gasteiger partial charge is 0.462 e. The molecule has 0 N–H and O–H groups in total. The third-order valence-corrected chi connectivity index (χ3v) is 3.42. The minimum Gasteiger partial charge on any atom is -0.462 e. The molecular formula is C19H18F2O4. The van der Waals surface area contributed by atoms with Crippen LogP contribution in [0.15, 0.2) is 60.7 Å². The Morgan fingerprint density at radius 3 is 1.44 bits per heavy atom. The molecule has 2 aromatic rings. The van der Waals surface area contributed by atoms with E-state index in [-0.39, 0.29) is 0 Å². The Morgan fingerprint density at radius 2 is 1.08 bits per heavy atom. The van der Waals surface area contributed by atoms with Crippen LogP contribution < -0.4 is 0 Å². The van der Waals surface area contributed by atoms with Crippen LogP contribution in [0, 0.1) is 0 Å². The van der Waals surface area contributed by atoms with Gasteiger partial charge in [-0.3, -0.25) is 0 Å². The van der Waals surface area contributed by atoms with Crippen LogP contribution in [-0.4, -0.2) is 31.1 Å². The molecule has 0 aromatic heterocycles. The van der Waals surface area contributed by atoms with E-state index < -0.39 is 43.9 Å². The van der Waals surface area contributed by atoms with Gasteiger partial charge in [0.2, 0.25) is 0 Å². The van der Waals surface area contributed by atoms with Gasteiger partial charge in [-0.25, -0.2) is 18.4 Å². The van der Waals surface area contributed by atoms with E-state index in [1.165, 1.54) is 0 Å². The summed E-state index contributed by atoms with van der Waals surface area (Å²) in [6.07, 6.45) is -1.26. The van der Waals surface area contributed by atoms with E-state index in [1.54, 1.807) is 60.7 Å². The topological polar surface area (TPSA) is 52.6 Å². The van der Waals surface area contributed by atoms with Crippen molar-refractivity contribution in [2.75, 3.05) is 13.2 Å². The van der Waals surface area contributed by atoms with Crippen molar-refractivity contribution in [1.82, 2.24) is 0 Å². The molecule has 132 valence electrons. The molecule has 2 rings (SSSR count). The fourth-order valence-electron chi connectivity index (χ4n) is 2.03. The Kier molecular flexibility index (Phi) is 6.62. The Morgan fingerprint density at radius 1 is 0.720 bits per heavy atom. The molecule has 0 bridgehead atoms. The van der Waals surface area contributed by atoms with Crippen LogP contribution in [0.2, 0.25) is 0 Å². The molecule has 0 atom stereocenters. The van der Waals surface area contributed by atoms with E-state index in [4.69, 9.17) is 9.47 Å². The highest BCUT2D eigenvalue weighted by Crippen LogP contribution is 2.23. The van der Waals surface area contributed by atoms with Gasteiger partial charge in [-0.05, 0) is 24.3 Å². The summed E-state index contributed by atoms with van der Waals surface area (Å²) in [5.74, 6) is -4.38.